The van der Waals surface area contributed by atoms with Crippen LogP contribution >= 0.6 is 15.9 Å². The first-order valence-corrected chi connectivity index (χ1v) is 6.13. The maximum absolute atomic E-state index is 13.7. The van der Waals surface area contributed by atoms with Crippen molar-refractivity contribution in [2.24, 2.45) is 0 Å². The Hall–Kier alpha value is -1.49. The average Bonchev–Trinajstić information content (AvgIpc) is 2.32. The maximum atomic E-state index is 13.7. The Bertz CT molecular complexity index is 560. The van der Waals surface area contributed by atoms with Gasteiger partial charge in [-0.3, -0.25) is 0 Å². The summed E-state index contributed by atoms with van der Waals surface area (Å²) >= 11 is 3.14. The molecule has 18 heavy (non-hydrogen) atoms. The van der Waals surface area contributed by atoms with Crippen LogP contribution in [0.4, 0.5) is 14.6 Å². The van der Waals surface area contributed by atoms with E-state index in [0.717, 1.165) is 0 Å². The van der Waals surface area contributed by atoms with E-state index < -0.39 is 5.82 Å². The van der Waals surface area contributed by atoms with E-state index in [-0.39, 0.29) is 18.2 Å². The third-order valence-electron chi connectivity index (χ3n) is 2.52. The summed E-state index contributed by atoms with van der Waals surface area (Å²) in [6.45, 7) is 0.262. The van der Waals surface area contributed by atoms with Crippen molar-refractivity contribution in [3.63, 3.8) is 0 Å². The Morgan fingerprint density at radius 3 is 2.61 bits per heavy atom. The van der Waals surface area contributed by atoms with Gasteiger partial charge in [0, 0.05) is 29.8 Å². The minimum Gasteiger partial charge on any atom is -0.353 e. The third kappa shape index (κ3) is 2.85. The third-order valence-corrected chi connectivity index (χ3v) is 2.95. The molecule has 0 bridgehead atoms. The van der Waals surface area contributed by atoms with Gasteiger partial charge < -0.3 is 4.90 Å². The summed E-state index contributed by atoms with van der Waals surface area (Å²) < 4.78 is 27.7. The van der Waals surface area contributed by atoms with E-state index in [4.69, 9.17) is 0 Å². The number of hydrogen-bond acceptors (Lipinski definition) is 2. The fourth-order valence-corrected chi connectivity index (χ4v) is 1.95. The van der Waals surface area contributed by atoms with Gasteiger partial charge in [-0.1, -0.05) is 18.2 Å². The minimum atomic E-state index is -0.441. The monoisotopic (exact) mass is 312 g/mol. The quantitative estimate of drug-likeness (QED) is 0.858. The highest BCUT2D eigenvalue weighted by molar-refractivity contribution is 9.10. The Morgan fingerprint density at radius 1 is 1.22 bits per heavy atom. The first kappa shape index (κ1) is 13.0. The molecule has 2 nitrogen and oxygen atoms in total. The van der Waals surface area contributed by atoms with Crippen LogP contribution < -0.4 is 4.90 Å². The molecular weight excluding hydrogens is 302 g/mol. The van der Waals surface area contributed by atoms with Gasteiger partial charge in [0.25, 0.3) is 0 Å². The van der Waals surface area contributed by atoms with Gasteiger partial charge in [-0.15, -0.1) is 0 Å². The summed E-state index contributed by atoms with van der Waals surface area (Å²) in [5.74, 6) is -0.550. The highest BCUT2D eigenvalue weighted by Gasteiger charge is 2.11. The minimum absolute atomic E-state index is 0.196. The summed E-state index contributed by atoms with van der Waals surface area (Å²) in [6.07, 6.45) is 1.51. The number of halogens is 3. The zero-order valence-electron chi connectivity index (χ0n) is 9.70. The molecule has 0 aliphatic carbocycles. The Morgan fingerprint density at radius 2 is 1.94 bits per heavy atom. The number of benzene rings is 1. The molecule has 1 aromatic heterocycles. The molecule has 1 aromatic carbocycles. The lowest BCUT2D eigenvalue weighted by Gasteiger charge is -2.19. The zero-order chi connectivity index (χ0) is 13.1. The van der Waals surface area contributed by atoms with Crippen molar-refractivity contribution in [1.29, 1.82) is 0 Å². The standard InChI is InChI=1S/C13H11BrF2N2/c1-18(8-9-4-2-3-5-11(9)15)13-12(16)6-10(14)7-17-13/h2-7H,8H2,1H3. The molecule has 5 heteroatoms. The molecule has 2 aromatic rings. The topological polar surface area (TPSA) is 16.1 Å². The van der Waals surface area contributed by atoms with Crippen LogP contribution in [0.2, 0.25) is 0 Å². The van der Waals surface area contributed by atoms with E-state index in [1.54, 1.807) is 30.1 Å². The predicted octanol–water partition coefficient (Wildman–Crippen LogP) is 3.76. The number of nitrogens with zero attached hydrogens (tertiary/aromatic N) is 2. The van der Waals surface area contributed by atoms with Gasteiger partial charge >= 0.3 is 0 Å². The molecule has 0 radical (unpaired) electrons. The van der Waals surface area contributed by atoms with E-state index in [9.17, 15) is 8.78 Å². The number of pyridine rings is 1. The number of rotatable bonds is 3. The Kier molecular flexibility index (Phi) is 3.91. The number of anilines is 1. The molecule has 0 atom stereocenters. The summed E-state index contributed by atoms with van der Waals surface area (Å²) in [5.41, 5.74) is 0.504. The van der Waals surface area contributed by atoms with Crippen LogP contribution in [0.5, 0.6) is 0 Å². The van der Waals surface area contributed by atoms with Gasteiger partial charge in [0.15, 0.2) is 11.6 Å². The number of aromatic nitrogens is 1. The van der Waals surface area contributed by atoms with Crippen molar-refractivity contribution >= 4 is 21.7 Å². The SMILES string of the molecule is CN(Cc1ccccc1F)c1ncc(Br)cc1F. The van der Waals surface area contributed by atoms with Crippen molar-refractivity contribution in [3.05, 3.63) is 58.2 Å². The van der Waals surface area contributed by atoms with Crippen LogP contribution in [-0.2, 0) is 6.54 Å². The normalized spacial score (nSPS) is 10.4. The van der Waals surface area contributed by atoms with Crippen LogP contribution in [0.3, 0.4) is 0 Å². The molecule has 0 saturated heterocycles. The largest absolute Gasteiger partial charge is 0.353 e. The molecule has 2 rings (SSSR count). The van der Waals surface area contributed by atoms with Crippen molar-refractivity contribution < 1.29 is 8.78 Å². The number of hydrogen-bond donors (Lipinski definition) is 0. The second-order valence-electron chi connectivity index (χ2n) is 3.91. The van der Waals surface area contributed by atoms with Crippen molar-refractivity contribution in [2.45, 2.75) is 6.54 Å². The van der Waals surface area contributed by atoms with E-state index in [0.29, 0.717) is 10.0 Å². The molecule has 0 saturated carbocycles. The Balaban J connectivity index is 2.22. The Labute approximate surface area is 112 Å². The second kappa shape index (κ2) is 5.44. The van der Waals surface area contributed by atoms with Crippen LogP contribution in [0.1, 0.15) is 5.56 Å². The average molecular weight is 313 g/mol. The first-order chi connectivity index (χ1) is 8.58. The molecule has 0 N–H and O–H groups in total. The fraction of sp³-hybridized carbons (Fsp3) is 0.154. The molecule has 0 amide bonds. The van der Waals surface area contributed by atoms with E-state index in [1.165, 1.54) is 18.3 Å². The van der Waals surface area contributed by atoms with E-state index in [1.807, 2.05) is 0 Å². The fourth-order valence-electron chi connectivity index (χ4n) is 1.65. The maximum Gasteiger partial charge on any atom is 0.166 e. The van der Waals surface area contributed by atoms with Crippen LogP contribution in [0.15, 0.2) is 41.0 Å². The molecule has 0 spiro atoms. The molecule has 0 aliphatic rings. The molecule has 0 aliphatic heterocycles. The lowest BCUT2D eigenvalue weighted by Crippen LogP contribution is -2.19. The molecule has 0 unspecified atom stereocenters. The van der Waals surface area contributed by atoms with Crippen LogP contribution in [0.25, 0.3) is 0 Å². The van der Waals surface area contributed by atoms with Gasteiger partial charge in [0.2, 0.25) is 0 Å². The summed E-state index contributed by atoms with van der Waals surface area (Å²) in [6, 6.07) is 7.76. The lowest BCUT2D eigenvalue weighted by atomic mass is 10.2. The van der Waals surface area contributed by atoms with Crippen LogP contribution in [-0.4, -0.2) is 12.0 Å². The second-order valence-corrected chi connectivity index (χ2v) is 4.82. The van der Waals surface area contributed by atoms with Crippen molar-refractivity contribution in [1.82, 2.24) is 4.98 Å². The highest BCUT2D eigenvalue weighted by atomic mass is 79.9. The smallest absolute Gasteiger partial charge is 0.166 e. The zero-order valence-corrected chi connectivity index (χ0v) is 11.3. The molecule has 94 valence electrons. The summed E-state index contributed by atoms with van der Waals surface area (Å²) in [7, 11) is 1.67. The van der Waals surface area contributed by atoms with E-state index in [2.05, 4.69) is 20.9 Å². The summed E-state index contributed by atoms with van der Waals surface area (Å²) in [4.78, 5) is 5.55. The lowest BCUT2D eigenvalue weighted by molar-refractivity contribution is 0.597. The molecule has 0 fully saturated rings. The van der Waals surface area contributed by atoms with Gasteiger partial charge in [-0.05, 0) is 28.1 Å². The van der Waals surface area contributed by atoms with E-state index >= 15 is 0 Å². The van der Waals surface area contributed by atoms with Gasteiger partial charge in [-0.2, -0.15) is 0 Å². The van der Waals surface area contributed by atoms with Gasteiger partial charge in [0.05, 0.1) is 0 Å². The van der Waals surface area contributed by atoms with Gasteiger partial charge in [-0.25, -0.2) is 13.8 Å². The molecular formula is C13H11BrF2N2. The first-order valence-electron chi connectivity index (χ1n) is 5.33. The highest BCUT2D eigenvalue weighted by Crippen LogP contribution is 2.21. The van der Waals surface area contributed by atoms with Gasteiger partial charge in [0.1, 0.15) is 5.82 Å². The van der Waals surface area contributed by atoms with Crippen molar-refractivity contribution in [3.8, 4) is 0 Å². The summed E-state index contributed by atoms with van der Waals surface area (Å²) in [5, 5.41) is 0. The van der Waals surface area contributed by atoms with Crippen molar-refractivity contribution in [2.75, 3.05) is 11.9 Å². The van der Waals surface area contributed by atoms with Crippen LogP contribution in [0, 0.1) is 11.6 Å². The molecule has 1 heterocycles. The predicted molar refractivity (Wildman–Crippen MR) is 70.4 cm³/mol.